The topological polar surface area (TPSA) is 28.2 Å². The number of benzene rings is 1. The van der Waals surface area contributed by atoms with Gasteiger partial charge in [-0.15, -0.1) is 0 Å². The van der Waals surface area contributed by atoms with Crippen molar-refractivity contribution in [3.63, 3.8) is 0 Å². The van der Waals surface area contributed by atoms with Crippen molar-refractivity contribution >= 4 is 39.8 Å². The van der Waals surface area contributed by atoms with E-state index in [9.17, 15) is 0 Å². The average Bonchev–Trinajstić information content (AvgIpc) is 2.30. The molecule has 1 aromatic heterocycles. The smallest absolute Gasteiger partial charge is 0.0742 e. The van der Waals surface area contributed by atoms with E-state index in [1.54, 1.807) is 0 Å². The van der Waals surface area contributed by atoms with Crippen LogP contribution in [0.3, 0.4) is 0 Å². The molecule has 0 aliphatic carbocycles. The summed E-state index contributed by atoms with van der Waals surface area (Å²) in [6.07, 6.45) is 0. The summed E-state index contributed by atoms with van der Waals surface area (Å²) in [4.78, 5) is 6.63. The second-order valence-electron chi connectivity index (χ2n) is 4.34. The molecule has 96 valence electrons. The highest BCUT2D eigenvalue weighted by Gasteiger charge is 2.10. The van der Waals surface area contributed by atoms with Crippen molar-refractivity contribution < 1.29 is 0 Å². The summed E-state index contributed by atoms with van der Waals surface area (Å²) in [7, 11) is 5.90. The number of pyridine rings is 1. The van der Waals surface area contributed by atoms with E-state index in [2.05, 4.69) is 16.4 Å². The van der Waals surface area contributed by atoms with Crippen molar-refractivity contribution in [3.8, 4) is 0 Å². The molecule has 1 aromatic carbocycles. The van der Waals surface area contributed by atoms with Crippen molar-refractivity contribution in [3.05, 3.63) is 33.9 Å². The van der Waals surface area contributed by atoms with Crippen LogP contribution >= 0.6 is 23.2 Å². The Morgan fingerprint density at radius 2 is 1.83 bits per heavy atom. The maximum atomic E-state index is 6.07. The van der Waals surface area contributed by atoms with Crippen LogP contribution < -0.4 is 10.2 Å². The Balaban J connectivity index is 2.72. The van der Waals surface area contributed by atoms with Crippen molar-refractivity contribution in [1.29, 1.82) is 0 Å². The molecule has 18 heavy (non-hydrogen) atoms. The molecule has 3 nitrogen and oxygen atoms in total. The Morgan fingerprint density at radius 3 is 2.44 bits per heavy atom. The summed E-state index contributed by atoms with van der Waals surface area (Å²) >= 11 is 12.1. The lowest BCUT2D eigenvalue weighted by Gasteiger charge is -2.17. The van der Waals surface area contributed by atoms with Crippen LogP contribution in [0.25, 0.3) is 10.9 Å². The van der Waals surface area contributed by atoms with E-state index in [0.29, 0.717) is 10.0 Å². The molecule has 0 atom stereocenters. The van der Waals surface area contributed by atoms with Gasteiger partial charge in [0.2, 0.25) is 0 Å². The molecule has 5 heteroatoms. The number of aromatic nitrogens is 1. The molecule has 2 rings (SSSR count). The lowest BCUT2D eigenvalue weighted by Crippen LogP contribution is -2.12. The van der Waals surface area contributed by atoms with Gasteiger partial charge in [-0.1, -0.05) is 23.2 Å². The van der Waals surface area contributed by atoms with Crippen molar-refractivity contribution in [1.82, 2.24) is 10.3 Å². The molecule has 0 fully saturated rings. The summed E-state index contributed by atoms with van der Waals surface area (Å²) in [5, 5.41) is 5.19. The molecule has 0 saturated carbocycles. The van der Waals surface area contributed by atoms with E-state index in [1.807, 2.05) is 38.2 Å². The minimum Gasteiger partial charge on any atom is -0.377 e. The van der Waals surface area contributed by atoms with Gasteiger partial charge in [-0.05, 0) is 25.2 Å². The average molecular weight is 284 g/mol. The fourth-order valence-electron chi connectivity index (χ4n) is 1.90. The highest BCUT2D eigenvalue weighted by atomic mass is 35.5. The van der Waals surface area contributed by atoms with Crippen molar-refractivity contribution in [2.24, 2.45) is 0 Å². The zero-order chi connectivity index (χ0) is 13.3. The van der Waals surface area contributed by atoms with Crippen LogP contribution in [0, 0.1) is 0 Å². The van der Waals surface area contributed by atoms with E-state index in [4.69, 9.17) is 23.2 Å². The number of nitrogens with zero attached hydrogens (tertiary/aromatic N) is 2. The van der Waals surface area contributed by atoms with Crippen molar-refractivity contribution in [2.45, 2.75) is 6.54 Å². The van der Waals surface area contributed by atoms with Crippen LogP contribution in [-0.4, -0.2) is 26.1 Å². The molecule has 0 amide bonds. The zero-order valence-corrected chi connectivity index (χ0v) is 12.1. The number of anilines is 1. The molecular weight excluding hydrogens is 269 g/mol. The van der Waals surface area contributed by atoms with E-state index in [-0.39, 0.29) is 0 Å². The molecule has 0 bridgehead atoms. The number of hydrogen-bond donors (Lipinski definition) is 1. The summed E-state index contributed by atoms with van der Waals surface area (Å²) in [5.41, 5.74) is 2.93. The third-order valence-electron chi connectivity index (χ3n) is 2.72. The van der Waals surface area contributed by atoms with Gasteiger partial charge in [0, 0.05) is 31.7 Å². The number of fused-ring (bicyclic) bond motifs is 1. The lowest BCUT2D eigenvalue weighted by atomic mass is 10.1. The Morgan fingerprint density at radius 1 is 1.17 bits per heavy atom. The van der Waals surface area contributed by atoms with Crippen molar-refractivity contribution in [2.75, 3.05) is 26.0 Å². The van der Waals surface area contributed by atoms with Crippen LogP contribution in [0.15, 0.2) is 18.2 Å². The minimum atomic E-state index is 0.531. The monoisotopic (exact) mass is 283 g/mol. The predicted molar refractivity (Wildman–Crippen MR) is 78.9 cm³/mol. The molecular formula is C13H15Cl2N3. The molecule has 0 radical (unpaired) electrons. The summed E-state index contributed by atoms with van der Waals surface area (Å²) in [5.74, 6) is 0. The first-order chi connectivity index (χ1) is 8.52. The molecule has 0 aliphatic rings. The van der Waals surface area contributed by atoms with Gasteiger partial charge in [0.15, 0.2) is 0 Å². The Kier molecular flexibility index (Phi) is 3.95. The number of nitrogens with one attached hydrogen (secondary N) is 1. The first kappa shape index (κ1) is 13.4. The van der Waals surface area contributed by atoms with E-state index < -0.39 is 0 Å². The van der Waals surface area contributed by atoms with Gasteiger partial charge in [-0.3, -0.25) is 4.98 Å². The summed E-state index contributed by atoms with van der Waals surface area (Å²) in [6, 6.07) is 5.74. The van der Waals surface area contributed by atoms with Crippen LogP contribution in [0.4, 0.5) is 5.69 Å². The zero-order valence-electron chi connectivity index (χ0n) is 10.6. The number of halogens is 2. The molecule has 1 heterocycles. The first-order valence-electron chi connectivity index (χ1n) is 5.63. The second-order valence-corrected chi connectivity index (χ2v) is 5.16. The third-order valence-corrected chi connectivity index (χ3v) is 3.44. The maximum absolute atomic E-state index is 6.07. The van der Waals surface area contributed by atoms with Gasteiger partial charge in [0.1, 0.15) is 0 Å². The molecule has 2 aromatic rings. The standard InChI is InChI=1S/C13H15Cl2N3/c1-16-7-8-4-13(18(2)3)9-5-10(14)11(15)6-12(9)17-8/h4-6,16H,7H2,1-3H3. The molecule has 0 saturated heterocycles. The highest BCUT2D eigenvalue weighted by molar-refractivity contribution is 6.42. The Labute approximate surface area is 117 Å². The normalized spacial score (nSPS) is 10.9. The molecule has 0 aliphatic heterocycles. The molecule has 0 spiro atoms. The minimum absolute atomic E-state index is 0.531. The van der Waals surface area contributed by atoms with Crippen LogP contribution in [0.2, 0.25) is 10.0 Å². The third kappa shape index (κ3) is 2.53. The van der Waals surface area contributed by atoms with E-state index >= 15 is 0 Å². The fraction of sp³-hybridized carbons (Fsp3) is 0.308. The number of rotatable bonds is 3. The summed E-state index contributed by atoms with van der Waals surface area (Å²) < 4.78 is 0. The van der Waals surface area contributed by atoms with Gasteiger partial charge >= 0.3 is 0 Å². The van der Waals surface area contributed by atoms with E-state index in [0.717, 1.165) is 28.8 Å². The number of hydrogen-bond acceptors (Lipinski definition) is 3. The van der Waals surface area contributed by atoms with Gasteiger partial charge in [0.25, 0.3) is 0 Å². The predicted octanol–water partition coefficient (Wildman–Crippen LogP) is 3.33. The van der Waals surface area contributed by atoms with Gasteiger partial charge < -0.3 is 10.2 Å². The fourth-order valence-corrected chi connectivity index (χ4v) is 2.22. The quantitative estimate of drug-likeness (QED) is 0.937. The van der Waals surface area contributed by atoms with Crippen LogP contribution in [0.5, 0.6) is 0 Å². The maximum Gasteiger partial charge on any atom is 0.0742 e. The van der Waals surface area contributed by atoms with Crippen LogP contribution in [0.1, 0.15) is 5.69 Å². The van der Waals surface area contributed by atoms with Gasteiger partial charge in [-0.25, -0.2) is 0 Å². The van der Waals surface area contributed by atoms with E-state index in [1.165, 1.54) is 0 Å². The Bertz CT molecular complexity index is 582. The van der Waals surface area contributed by atoms with Crippen LogP contribution in [-0.2, 0) is 6.54 Å². The second kappa shape index (κ2) is 5.31. The first-order valence-corrected chi connectivity index (χ1v) is 6.39. The summed E-state index contributed by atoms with van der Waals surface area (Å²) in [6.45, 7) is 0.719. The Hall–Kier alpha value is -1.03. The largest absolute Gasteiger partial charge is 0.377 e. The molecule has 0 unspecified atom stereocenters. The molecule has 1 N–H and O–H groups in total. The lowest BCUT2D eigenvalue weighted by molar-refractivity contribution is 0.795. The SMILES string of the molecule is CNCc1cc(N(C)C)c2cc(Cl)c(Cl)cc2n1. The van der Waals surface area contributed by atoms with Gasteiger partial charge in [0.05, 0.1) is 21.3 Å². The highest BCUT2D eigenvalue weighted by Crippen LogP contribution is 2.32. The van der Waals surface area contributed by atoms with Gasteiger partial charge in [-0.2, -0.15) is 0 Å².